The number of anilines is 1. The molecule has 0 unspecified atom stereocenters. The van der Waals surface area contributed by atoms with Gasteiger partial charge in [-0.1, -0.05) is 11.6 Å². The molecule has 2 aromatic rings. The molecule has 0 amide bonds. The number of methoxy groups -OCH3 is 1. The molecule has 1 aromatic heterocycles. The molecule has 0 bridgehead atoms. The minimum Gasteiger partial charge on any atom is -0.495 e. The van der Waals surface area contributed by atoms with E-state index in [2.05, 4.69) is 19.6 Å². The fourth-order valence-electron chi connectivity index (χ4n) is 2.92. The lowest BCUT2D eigenvalue weighted by Crippen LogP contribution is -2.39. The molecular formula is C17H21ClN4O3S. The van der Waals surface area contributed by atoms with Gasteiger partial charge in [0.15, 0.2) is 0 Å². The maximum absolute atomic E-state index is 12.5. The van der Waals surface area contributed by atoms with Crippen LogP contribution in [0.4, 0.5) is 5.95 Å². The van der Waals surface area contributed by atoms with Gasteiger partial charge in [0.05, 0.1) is 17.0 Å². The molecule has 0 saturated carbocycles. The van der Waals surface area contributed by atoms with E-state index >= 15 is 0 Å². The van der Waals surface area contributed by atoms with Gasteiger partial charge in [-0.2, -0.15) is 0 Å². The van der Waals surface area contributed by atoms with Crippen molar-refractivity contribution in [3.05, 3.63) is 41.7 Å². The second kappa shape index (κ2) is 8.20. The molecule has 1 fully saturated rings. The van der Waals surface area contributed by atoms with Crippen LogP contribution in [0.2, 0.25) is 5.02 Å². The summed E-state index contributed by atoms with van der Waals surface area (Å²) in [6.45, 7) is 2.02. The minimum absolute atomic E-state index is 0.137. The van der Waals surface area contributed by atoms with Crippen LogP contribution in [0, 0.1) is 5.92 Å². The number of hydrogen-bond donors (Lipinski definition) is 1. The van der Waals surface area contributed by atoms with Crippen molar-refractivity contribution < 1.29 is 13.2 Å². The van der Waals surface area contributed by atoms with Gasteiger partial charge in [0.2, 0.25) is 16.0 Å². The van der Waals surface area contributed by atoms with E-state index in [4.69, 9.17) is 16.3 Å². The lowest BCUT2D eigenvalue weighted by Gasteiger charge is -2.31. The van der Waals surface area contributed by atoms with Gasteiger partial charge in [0.1, 0.15) is 5.75 Å². The molecule has 1 aliphatic heterocycles. The third kappa shape index (κ3) is 4.44. The highest BCUT2D eigenvalue weighted by molar-refractivity contribution is 7.89. The number of hydrogen-bond acceptors (Lipinski definition) is 6. The zero-order valence-corrected chi connectivity index (χ0v) is 16.0. The van der Waals surface area contributed by atoms with Crippen LogP contribution in [0.25, 0.3) is 0 Å². The third-order valence-corrected chi connectivity index (χ3v) is 6.16. The Balaban J connectivity index is 1.55. The van der Waals surface area contributed by atoms with E-state index in [9.17, 15) is 8.42 Å². The van der Waals surface area contributed by atoms with E-state index in [-0.39, 0.29) is 15.8 Å². The summed E-state index contributed by atoms with van der Waals surface area (Å²) in [6, 6.07) is 6.23. The predicted octanol–water partition coefficient (Wildman–Crippen LogP) is 2.33. The highest BCUT2D eigenvalue weighted by atomic mass is 35.5. The number of rotatable bonds is 6. The smallest absolute Gasteiger partial charge is 0.240 e. The van der Waals surface area contributed by atoms with Crippen molar-refractivity contribution in [3.63, 3.8) is 0 Å². The number of nitrogens with zero attached hydrogens (tertiary/aromatic N) is 3. The van der Waals surface area contributed by atoms with Crippen LogP contribution >= 0.6 is 11.6 Å². The number of piperidine rings is 1. The van der Waals surface area contributed by atoms with Crippen LogP contribution in [0.3, 0.4) is 0 Å². The highest BCUT2D eigenvalue weighted by Gasteiger charge is 2.23. The Labute approximate surface area is 158 Å². The Bertz CT molecular complexity index is 840. The first-order chi connectivity index (χ1) is 12.5. The normalized spacial score (nSPS) is 15.8. The second-order valence-electron chi connectivity index (χ2n) is 6.13. The van der Waals surface area contributed by atoms with Crippen molar-refractivity contribution >= 4 is 27.6 Å². The summed E-state index contributed by atoms with van der Waals surface area (Å²) in [7, 11) is -2.11. The second-order valence-corrected chi connectivity index (χ2v) is 8.30. The van der Waals surface area contributed by atoms with Gasteiger partial charge in [-0.15, -0.1) is 0 Å². The fraction of sp³-hybridized carbons (Fsp3) is 0.412. The summed E-state index contributed by atoms with van der Waals surface area (Å²) in [5, 5.41) is 0.270. The predicted molar refractivity (Wildman–Crippen MR) is 100 cm³/mol. The molecule has 1 N–H and O–H groups in total. The van der Waals surface area contributed by atoms with E-state index in [0.717, 1.165) is 31.9 Å². The molecule has 0 radical (unpaired) electrons. The standard InChI is InChI=1S/C17H21ClN4O3S/c1-25-16-4-3-14(11-15(16)18)26(23,24)21-12-13-5-9-22(10-6-13)17-19-7-2-8-20-17/h2-4,7-8,11,13,21H,5-6,9-10,12H2,1H3. The monoisotopic (exact) mass is 396 g/mol. The lowest BCUT2D eigenvalue weighted by molar-refractivity contribution is 0.399. The van der Waals surface area contributed by atoms with Gasteiger partial charge < -0.3 is 9.64 Å². The Morgan fingerprint density at radius 3 is 2.58 bits per heavy atom. The Morgan fingerprint density at radius 1 is 1.27 bits per heavy atom. The van der Waals surface area contributed by atoms with E-state index in [1.165, 1.54) is 19.2 Å². The van der Waals surface area contributed by atoms with Crippen molar-refractivity contribution in [1.29, 1.82) is 0 Å². The number of sulfonamides is 1. The maximum atomic E-state index is 12.5. The molecule has 9 heteroatoms. The topological polar surface area (TPSA) is 84.4 Å². The van der Waals surface area contributed by atoms with Gasteiger partial charge in [0.25, 0.3) is 0 Å². The van der Waals surface area contributed by atoms with E-state index < -0.39 is 10.0 Å². The molecule has 140 valence electrons. The SMILES string of the molecule is COc1ccc(S(=O)(=O)NCC2CCN(c3ncccn3)CC2)cc1Cl. The summed E-state index contributed by atoms with van der Waals surface area (Å²) in [6.07, 6.45) is 5.21. The molecule has 3 rings (SSSR count). The quantitative estimate of drug-likeness (QED) is 0.806. The summed E-state index contributed by atoms with van der Waals surface area (Å²) >= 11 is 6.02. The van der Waals surface area contributed by atoms with Crippen LogP contribution in [0.1, 0.15) is 12.8 Å². The highest BCUT2D eigenvalue weighted by Crippen LogP contribution is 2.27. The molecule has 1 aromatic carbocycles. The summed E-state index contributed by atoms with van der Waals surface area (Å²) in [5.74, 6) is 1.44. The largest absolute Gasteiger partial charge is 0.495 e. The molecule has 0 aliphatic carbocycles. The molecule has 0 atom stereocenters. The van der Waals surface area contributed by atoms with Crippen LogP contribution in [-0.2, 0) is 10.0 Å². The summed E-state index contributed by atoms with van der Waals surface area (Å²) < 4.78 is 32.7. The number of nitrogens with one attached hydrogen (secondary N) is 1. The van der Waals surface area contributed by atoms with E-state index in [1.807, 2.05) is 0 Å². The Morgan fingerprint density at radius 2 is 1.96 bits per heavy atom. The van der Waals surface area contributed by atoms with Crippen molar-refractivity contribution in [2.24, 2.45) is 5.92 Å². The van der Waals surface area contributed by atoms with Crippen LogP contribution in [0.5, 0.6) is 5.75 Å². The van der Waals surface area contributed by atoms with Crippen LogP contribution in [0.15, 0.2) is 41.6 Å². The van der Waals surface area contributed by atoms with Gasteiger partial charge >= 0.3 is 0 Å². The van der Waals surface area contributed by atoms with Gasteiger partial charge in [-0.25, -0.2) is 23.1 Å². The van der Waals surface area contributed by atoms with Crippen molar-refractivity contribution in [3.8, 4) is 5.75 Å². The molecular weight excluding hydrogens is 376 g/mol. The first-order valence-electron chi connectivity index (χ1n) is 8.35. The Kier molecular flexibility index (Phi) is 5.95. The first kappa shape index (κ1) is 18.9. The molecule has 1 aliphatic rings. The number of halogens is 1. The number of aromatic nitrogens is 2. The molecule has 2 heterocycles. The third-order valence-electron chi connectivity index (χ3n) is 4.45. The van der Waals surface area contributed by atoms with Gasteiger partial charge in [-0.05, 0) is 43.0 Å². The van der Waals surface area contributed by atoms with Crippen molar-refractivity contribution in [2.75, 3.05) is 31.6 Å². The van der Waals surface area contributed by atoms with Crippen molar-refractivity contribution in [1.82, 2.24) is 14.7 Å². The van der Waals surface area contributed by atoms with Crippen LogP contribution in [-0.4, -0.2) is 45.1 Å². The van der Waals surface area contributed by atoms with Crippen molar-refractivity contribution in [2.45, 2.75) is 17.7 Å². The maximum Gasteiger partial charge on any atom is 0.240 e. The first-order valence-corrected chi connectivity index (χ1v) is 10.2. The minimum atomic E-state index is -3.60. The van der Waals surface area contributed by atoms with Crippen LogP contribution < -0.4 is 14.4 Å². The van der Waals surface area contributed by atoms with E-state index in [0.29, 0.717) is 12.3 Å². The van der Waals surface area contributed by atoms with E-state index in [1.54, 1.807) is 24.5 Å². The molecule has 7 nitrogen and oxygen atoms in total. The zero-order valence-electron chi connectivity index (χ0n) is 14.4. The average Bonchev–Trinajstić information content (AvgIpc) is 2.67. The number of benzene rings is 1. The summed E-state index contributed by atoms with van der Waals surface area (Å²) in [4.78, 5) is 10.8. The summed E-state index contributed by atoms with van der Waals surface area (Å²) in [5.41, 5.74) is 0. The molecule has 0 spiro atoms. The fourth-order valence-corrected chi connectivity index (χ4v) is 4.38. The van der Waals surface area contributed by atoms with Gasteiger partial charge in [0, 0.05) is 32.0 Å². The Hall–Kier alpha value is -1.90. The lowest BCUT2D eigenvalue weighted by atomic mass is 9.97. The zero-order chi connectivity index (χ0) is 18.6. The number of ether oxygens (including phenoxy) is 1. The average molecular weight is 397 g/mol. The molecule has 26 heavy (non-hydrogen) atoms. The molecule has 1 saturated heterocycles. The van der Waals surface area contributed by atoms with Gasteiger partial charge in [-0.3, -0.25) is 0 Å².